The Bertz CT molecular complexity index is 334. The van der Waals surface area contributed by atoms with Crippen molar-refractivity contribution < 1.29 is 4.74 Å². The fraction of sp³-hybridized carbons (Fsp3) is 0.778. The van der Waals surface area contributed by atoms with E-state index in [1.807, 2.05) is 7.05 Å². The van der Waals surface area contributed by atoms with Crippen LogP contribution in [-0.2, 0) is 11.8 Å². The molecule has 3 atom stereocenters. The molecule has 1 aromatic rings. The Labute approximate surface area is 97.1 Å². The predicted octanol–water partition coefficient (Wildman–Crippen LogP) is 1.00. The molecule has 2 N–H and O–H groups in total. The van der Waals surface area contributed by atoms with E-state index in [-0.39, 0.29) is 12.1 Å². The van der Waals surface area contributed by atoms with Crippen LogP contribution in [0, 0.1) is 5.92 Å². The summed E-state index contributed by atoms with van der Waals surface area (Å²) in [6.45, 7) is 2.86. The number of hydrogen-bond donors (Lipinski definition) is 1. The zero-order valence-corrected chi connectivity index (χ0v) is 10.4. The van der Waals surface area contributed by atoms with Gasteiger partial charge in [-0.1, -0.05) is 5.21 Å². The Hall–Kier alpha value is -0.460. The van der Waals surface area contributed by atoms with Crippen molar-refractivity contribution in [2.75, 3.05) is 6.61 Å². The molecule has 5 nitrogen and oxygen atoms in total. The maximum atomic E-state index is 6.23. The van der Waals surface area contributed by atoms with Crippen molar-refractivity contribution in [1.82, 2.24) is 15.0 Å². The van der Waals surface area contributed by atoms with Crippen molar-refractivity contribution >= 4 is 15.9 Å². The normalized spacial score (nSPS) is 28.3. The molecule has 2 heterocycles. The summed E-state index contributed by atoms with van der Waals surface area (Å²) >= 11 is 3.37. The maximum absolute atomic E-state index is 6.23. The van der Waals surface area contributed by atoms with Crippen LogP contribution in [0.2, 0.25) is 0 Å². The molecule has 6 heteroatoms. The highest BCUT2D eigenvalue weighted by Crippen LogP contribution is 2.33. The van der Waals surface area contributed by atoms with Crippen molar-refractivity contribution in [2.45, 2.75) is 25.5 Å². The average Bonchev–Trinajstić information content (AvgIpc) is 2.73. The molecule has 1 aromatic heterocycles. The second-order valence-electron chi connectivity index (χ2n) is 3.94. The number of nitrogens with two attached hydrogens (primary N) is 1. The standard InChI is InChI=1S/C9H15BrN4O/c1-5-6(3-4-15-5)7(11)8-9(10)12-13-14(8)2/h5-7H,3-4,11H2,1-2H3. The lowest BCUT2D eigenvalue weighted by atomic mass is 9.92. The zero-order chi connectivity index (χ0) is 11.0. The van der Waals surface area contributed by atoms with Crippen molar-refractivity contribution in [2.24, 2.45) is 18.7 Å². The molecule has 1 saturated heterocycles. The fourth-order valence-corrected chi connectivity index (χ4v) is 2.71. The summed E-state index contributed by atoms with van der Waals surface area (Å²) in [5, 5.41) is 7.88. The lowest BCUT2D eigenvalue weighted by Crippen LogP contribution is -2.28. The number of halogens is 1. The first-order chi connectivity index (χ1) is 7.11. The number of ether oxygens (including phenoxy) is 1. The highest BCUT2D eigenvalue weighted by atomic mass is 79.9. The minimum absolute atomic E-state index is 0.0723. The van der Waals surface area contributed by atoms with Crippen LogP contribution in [-0.4, -0.2) is 27.7 Å². The first kappa shape index (κ1) is 11.0. The van der Waals surface area contributed by atoms with E-state index in [2.05, 4.69) is 33.2 Å². The highest BCUT2D eigenvalue weighted by molar-refractivity contribution is 9.10. The molecule has 0 radical (unpaired) electrons. The largest absolute Gasteiger partial charge is 0.378 e. The zero-order valence-electron chi connectivity index (χ0n) is 8.85. The van der Waals surface area contributed by atoms with Gasteiger partial charge in [0.25, 0.3) is 0 Å². The van der Waals surface area contributed by atoms with E-state index in [1.165, 1.54) is 0 Å². The minimum atomic E-state index is -0.0723. The SMILES string of the molecule is CC1OCCC1C(N)c1c(Br)nnn1C. The number of nitrogens with zero attached hydrogens (tertiary/aromatic N) is 3. The quantitative estimate of drug-likeness (QED) is 0.874. The molecule has 0 bridgehead atoms. The summed E-state index contributed by atoms with van der Waals surface area (Å²) in [5.74, 6) is 0.346. The summed E-state index contributed by atoms with van der Waals surface area (Å²) in [5.41, 5.74) is 7.17. The molecule has 1 fully saturated rings. The van der Waals surface area contributed by atoms with E-state index in [1.54, 1.807) is 4.68 Å². The third kappa shape index (κ3) is 1.93. The van der Waals surface area contributed by atoms with Gasteiger partial charge in [0, 0.05) is 19.6 Å². The van der Waals surface area contributed by atoms with Gasteiger partial charge < -0.3 is 10.5 Å². The van der Waals surface area contributed by atoms with Crippen molar-refractivity contribution in [3.63, 3.8) is 0 Å². The smallest absolute Gasteiger partial charge is 0.153 e. The molecular formula is C9H15BrN4O. The predicted molar refractivity (Wildman–Crippen MR) is 59.2 cm³/mol. The Morgan fingerprint density at radius 2 is 2.40 bits per heavy atom. The summed E-state index contributed by atoms with van der Waals surface area (Å²) in [6.07, 6.45) is 1.21. The summed E-state index contributed by atoms with van der Waals surface area (Å²) < 4.78 is 7.97. The van der Waals surface area contributed by atoms with Gasteiger partial charge >= 0.3 is 0 Å². The van der Waals surface area contributed by atoms with E-state index >= 15 is 0 Å². The third-order valence-corrected chi connectivity index (χ3v) is 3.60. The molecule has 0 aliphatic carbocycles. The van der Waals surface area contributed by atoms with Crippen LogP contribution in [0.1, 0.15) is 25.1 Å². The number of hydrogen-bond acceptors (Lipinski definition) is 4. The topological polar surface area (TPSA) is 66.0 Å². The fourth-order valence-electron chi connectivity index (χ4n) is 2.12. The van der Waals surface area contributed by atoms with Gasteiger partial charge in [-0.05, 0) is 29.3 Å². The molecule has 0 spiro atoms. The van der Waals surface area contributed by atoms with E-state index < -0.39 is 0 Å². The molecule has 0 aromatic carbocycles. The molecule has 1 aliphatic heterocycles. The van der Waals surface area contributed by atoms with Gasteiger partial charge in [-0.15, -0.1) is 5.10 Å². The van der Waals surface area contributed by atoms with Gasteiger partial charge in [0.2, 0.25) is 0 Å². The highest BCUT2D eigenvalue weighted by Gasteiger charge is 2.33. The first-order valence-electron chi connectivity index (χ1n) is 5.03. The van der Waals surface area contributed by atoms with Gasteiger partial charge in [0.1, 0.15) is 0 Å². The maximum Gasteiger partial charge on any atom is 0.153 e. The Balaban J connectivity index is 2.23. The molecule has 84 valence electrons. The Morgan fingerprint density at radius 3 is 2.87 bits per heavy atom. The summed E-state index contributed by atoms with van der Waals surface area (Å²) in [4.78, 5) is 0. The van der Waals surface area contributed by atoms with Gasteiger partial charge in [-0.2, -0.15) is 0 Å². The second kappa shape index (κ2) is 4.19. The monoisotopic (exact) mass is 274 g/mol. The number of aryl methyl sites for hydroxylation is 1. The van der Waals surface area contributed by atoms with Gasteiger partial charge in [0.05, 0.1) is 17.8 Å². The van der Waals surface area contributed by atoms with Crippen LogP contribution in [0.25, 0.3) is 0 Å². The van der Waals surface area contributed by atoms with Gasteiger partial charge in [-0.3, -0.25) is 0 Å². The van der Waals surface area contributed by atoms with E-state index in [9.17, 15) is 0 Å². The number of aromatic nitrogens is 3. The minimum Gasteiger partial charge on any atom is -0.378 e. The van der Waals surface area contributed by atoms with Crippen molar-refractivity contribution in [1.29, 1.82) is 0 Å². The summed E-state index contributed by atoms with van der Waals surface area (Å²) in [6, 6.07) is -0.0723. The lowest BCUT2D eigenvalue weighted by Gasteiger charge is -2.21. The molecule has 3 unspecified atom stereocenters. The van der Waals surface area contributed by atoms with Crippen LogP contribution >= 0.6 is 15.9 Å². The van der Waals surface area contributed by atoms with E-state index in [0.717, 1.165) is 23.3 Å². The molecule has 0 saturated carbocycles. The third-order valence-electron chi connectivity index (χ3n) is 3.04. The van der Waals surface area contributed by atoms with Crippen molar-refractivity contribution in [3.8, 4) is 0 Å². The lowest BCUT2D eigenvalue weighted by molar-refractivity contribution is 0.0987. The molecule has 1 aliphatic rings. The molecule has 0 amide bonds. The van der Waals surface area contributed by atoms with Crippen LogP contribution < -0.4 is 5.73 Å². The van der Waals surface area contributed by atoms with Gasteiger partial charge in [-0.25, -0.2) is 4.68 Å². The number of rotatable bonds is 2. The first-order valence-corrected chi connectivity index (χ1v) is 5.83. The van der Waals surface area contributed by atoms with E-state index in [4.69, 9.17) is 10.5 Å². The summed E-state index contributed by atoms with van der Waals surface area (Å²) in [7, 11) is 1.85. The second-order valence-corrected chi connectivity index (χ2v) is 4.69. The molecule has 15 heavy (non-hydrogen) atoms. The molecule has 2 rings (SSSR count). The van der Waals surface area contributed by atoms with Crippen LogP contribution in [0.5, 0.6) is 0 Å². The molecular weight excluding hydrogens is 260 g/mol. The van der Waals surface area contributed by atoms with Crippen molar-refractivity contribution in [3.05, 3.63) is 10.3 Å². The van der Waals surface area contributed by atoms with Crippen LogP contribution in [0.3, 0.4) is 0 Å². The van der Waals surface area contributed by atoms with Gasteiger partial charge in [0.15, 0.2) is 4.60 Å². The Morgan fingerprint density at radius 1 is 1.67 bits per heavy atom. The average molecular weight is 275 g/mol. The Kier molecular flexibility index (Phi) is 3.08. The van der Waals surface area contributed by atoms with Crippen LogP contribution in [0.15, 0.2) is 4.60 Å². The van der Waals surface area contributed by atoms with E-state index in [0.29, 0.717) is 5.92 Å². The van der Waals surface area contributed by atoms with Crippen LogP contribution in [0.4, 0.5) is 0 Å².